The largest absolute Gasteiger partial charge is 0.371 e. The lowest BCUT2D eigenvalue weighted by atomic mass is 9.95. The molecule has 6 heteroatoms. The van der Waals surface area contributed by atoms with E-state index in [0.717, 1.165) is 43.6 Å². The molecule has 1 aliphatic heterocycles. The van der Waals surface area contributed by atoms with E-state index in [2.05, 4.69) is 48.9 Å². The standard InChI is InChI=1S/C25H27N5O/c1-26-22-9-7-20(8-10-22)18-30-19-27-17-24(30)11-14-28-25(31)21-12-15-29(16-13-21)23-5-3-2-4-6-23/h2-10,17,19,21H,11-16,18H2,(H,28,31). The smallest absolute Gasteiger partial charge is 0.223 e. The molecule has 4 rings (SSSR count). The van der Waals surface area contributed by atoms with Crippen LogP contribution in [-0.2, 0) is 17.8 Å². The summed E-state index contributed by atoms with van der Waals surface area (Å²) in [6.45, 7) is 10.2. The van der Waals surface area contributed by atoms with Gasteiger partial charge in [0, 0.05) is 56.1 Å². The van der Waals surface area contributed by atoms with Crippen molar-refractivity contribution >= 4 is 17.3 Å². The van der Waals surface area contributed by atoms with E-state index >= 15 is 0 Å². The van der Waals surface area contributed by atoms with Crippen LogP contribution < -0.4 is 10.2 Å². The average Bonchev–Trinajstić information content (AvgIpc) is 3.27. The maximum absolute atomic E-state index is 12.6. The van der Waals surface area contributed by atoms with Gasteiger partial charge in [-0.05, 0) is 30.5 Å². The fraction of sp³-hybridized carbons (Fsp3) is 0.320. The number of piperidine rings is 1. The number of hydrogen-bond donors (Lipinski definition) is 1. The highest BCUT2D eigenvalue weighted by molar-refractivity contribution is 5.79. The summed E-state index contributed by atoms with van der Waals surface area (Å²) in [6, 6.07) is 18.0. The second-order valence-electron chi connectivity index (χ2n) is 7.93. The molecule has 3 aromatic rings. The zero-order valence-corrected chi connectivity index (χ0v) is 17.6. The molecule has 0 spiro atoms. The fourth-order valence-electron chi connectivity index (χ4n) is 4.07. The molecular weight excluding hydrogens is 386 g/mol. The Morgan fingerprint density at radius 3 is 2.55 bits per heavy atom. The average molecular weight is 414 g/mol. The lowest BCUT2D eigenvalue weighted by Crippen LogP contribution is -2.41. The Morgan fingerprint density at radius 2 is 1.84 bits per heavy atom. The van der Waals surface area contributed by atoms with E-state index in [1.807, 2.05) is 42.9 Å². The molecule has 0 unspecified atom stereocenters. The molecule has 1 aliphatic rings. The number of nitrogens with one attached hydrogen (secondary N) is 1. The first kappa shape index (κ1) is 20.7. The molecule has 0 radical (unpaired) electrons. The van der Waals surface area contributed by atoms with E-state index in [0.29, 0.717) is 18.8 Å². The number of amides is 1. The molecule has 1 aromatic heterocycles. The molecular formula is C25H27N5O. The zero-order chi connectivity index (χ0) is 21.5. The zero-order valence-electron chi connectivity index (χ0n) is 17.6. The van der Waals surface area contributed by atoms with E-state index in [1.165, 1.54) is 5.69 Å². The van der Waals surface area contributed by atoms with Crippen molar-refractivity contribution in [1.82, 2.24) is 14.9 Å². The van der Waals surface area contributed by atoms with Crippen LogP contribution in [0.3, 0.4) is 0 Å². The van der Waals surface area contributed by atoms with Crippen molar-refractivity contribution in [2.45, 2.75) is 25.8 Å². The van der Waals surface area contributed by atoms with Crippen molar-refractivity contribution in [2.24, 2.45) is 5.92 Å². The number of carbonyl (C=O) groups excluding carboxylic acids is 1. The normalized spacial score (nSPS) is 14.2. The van der Waals surface area contributed by atoms with Crippen LogP contribution in [0, 0.1) is 12.5 Å². The van der Waals surface area contributed by atoms with Gasteiger partial charge in [0.15, 0.2) is 5.69 Å². The van der Waals surface area contributed by atoms with Crippen LogP contribution in [0.25, 0.3) is 4.85 Å². The Morgan fingerprint density at radius 1 is 1.10 bits per heavy atom. The monoisotopic (exact) mass is 413 g/mol. The molecule has 2 aromatic carbocycles. The Bertz CT molecular complexity index is 1030. The molecule has 0 saturated carbocycles. The minimum absolute atomic E-state index is 0.0887. The Balaban J connectivity index is 1.23. The molecule has 158 valence electrons. The summed E-state index contributed by atoms with van der Waals surface area (Å²) >= 11 is 0. The minimum Gasteiger partial charge on any atom is -0.371 e. The minimum atomic E-state index is 0.0887. The fourth-order valence-corrected chi connectivity index (χ4v) is 4.07. The number of para-hydroxylation sites is 1. The maximum Gasteiger partial charge on any atom is 0.223 e. The summed E-state index contributed by atoms with van der Waals surface area (Å²) < 4.78 is 2.09. The summed E-state index contributed by atoms with van der Waals surface area (Å²) in [7, 11) is 0. The third kappa shape index (κ3) is 5.32. The number of carbonyl (C=O) groups is 1. The number of imidazole rings is 1. The van der Waals surface area contributed by atoms with Crippen molar-refractivity contribution in [3.8, 4) is 0 Å². The predicted molar refractivity (Wildman–Crippen MR) is 122 cm³/mol. The summed E-state index contributed by atoms with van der Waals surface area (Å²) in [4.78, 5) is 22.7. The number of hydrogen-bond acceptors (Lipinski definition) is 3. The molecule has 1 amide bonds. The topological polar surface area (TPSA) is 54.5 Å². The Kier molecular flexibility index (Phi) is 6.63. The first-order chi connectivity index (χ1) is 15.2. The van der Waals surface area contributed by atoms with Gasteiger partial charge in [0.25, 0.3) is 0 Å². The van der Waals surface area contributed by atoms with Crippen LogP contribution in [0.1, 0.15) is 24.1 Å². The van der Waals surface area contributed by atoms with Gasteiger partial charge in [-0.3, -0.25) is 4.79 Å². The van der Waals surface area contributed by atoms with Gasteiger partial charge < -0.3 is 14.8 Å². The molecule has 0 bridgehead atoms. The van der Waals surface area contributed by atoms with Crippen molar-refractivity contribution in [1.29, 1.82) is 0 Å². The van der Waals surface area contributed by atoms with Gasteiger partial charge in [-0.2, -0.15) is 0 Å². The predicted octanol–water partition coefficient (Wildman–Crippen LogP) is 4.06. The first-order valence-electron chi connectivity index (χ1n) is 10.8. The van der Waals surface area contributed by atoms with E-state index < -0.39 is 0 Å². The molecule has 0 aliphatic carbocycles. The third-order valence-corrected chi connectivity index (χ3v) is 5.88. The highest BCUT2D eigenvalue weighted by atomic mass is 16.1. The van der Waals surface area contributed by atoms with Crippen LogP contribution in [0.4, 0.5) is 11.4 Å². The van der Waals surface area contributed by atoms with E-state index in [-0.39, 0.29) is 11.8 Å². The Hall–Kier alpha value is -3.59. The van der Waals surface area contributed by atoms with Crippen molar-refractivity contribution in [3.63, 3.8) is 0 Å². The summed E-state index contributed by atoms with van der Waals surface area (Å²) in [5.74, 6) is 0.249. The SMILES string of the molecule is [C-]#[N+]c1ccc(Cn2cncc2CCNC(=O)C2CCN(c3ccccc3)CC2)cc1. The number of benzene rings is 2. The number of aromatic nitrogens is 2. The van der Waals surface area contributed by atoms with Crippen LogP contribution in [0.5, 0.6) is 0 Å². The van der Waals surface area contributed by atoms with Gasteiger partial charge in [-0.1, -0.05) is 42.5 Å². The molecule has 6 nitrogen and oxygen atoms in total. The van der Waals surface area contributed by atoms with Gasteiger partial charge in [0.2, 0.25) is 5.91 Å². The van der Waals surface area contributed by atoms with E-state index in [1.54, 1.807) is 0 Å². The van der Waals surface area contributed by atoms with Gasteiger partial charge in [0.1, 0.15) is 0 Å². The number of nitrogens with zero attached hydrogens (tertiary/aromatic N) is 4. The van der Waals surface area contributed by atoms with Gasteiger partial charge in [-0.25, -0.2) is 9.83 Å². The Labute approximate surface area is 183 Å². The van der Waals surface area contributed by atoms with Crippen LogP contribution in [0.2, 0.25) is 0 Å². The highest BCUT2D eigenvalue weighted by Gasteiger charge is 2.24. The summed E-state index contributed by atoms with van der Waals surface area (Å²) in [5, 5.41) is 3.12. The molecule has 1 fully saturated rings. The van der Waals surface area contributed by atoms with Crippen molar-refractivity contribution in [3.05, 3.63) is 89.8 Å². The molecule has 1 saturated heterocycles. The maximum atomic E-state index is 12.6. The highest BCUT2D eigenvalue weighted by Crippen LogP contribution is 2.23. The molecule has 31 heavy (non-hydrogen) atoms. The van der Waals surface area contributed by atoms with Gasteiger partial charge in [-0.15, -0.1) is 0 Å². The van der Waals surface area contributed by atoms with E-state index in [4.69, 9.17) is 6.57 Å². The third-order valence-electron chi connectivity index (χ3n) is 5.88. The molecule has 1 N–H and O–H groups in total. The second kappa shape index (κ2) is 9.94. The molecule has 0 atom stereocenters. The van der Waals surface area contributed by atoms with Crippen LogP contribution in [-0.4, -0.2) is 35.1 Å². The van der Waals surface area contributed by atoms with Crippen LogP contribution in [0.15, 0.2) is 67.1 Å². The number of rotatable bonds is 7. The summed E-state index contributed by atoms with van der Waals surface area (Å²) in [5.41, 5.74) is 4.10. The van der Waals surface area contributed by atoms with Crippen molar-refractivity contribution in [2.75, 3.05) is 24.5 Å². The number of anilines is 1. The van der Waals surface area contributed by atoms with Gasteiger partial charge >= 0.3 is 0 Å². The lowest BCUT2D eigenvalue weighted by Gasteiger charge is -2.33. The summed E-state index contributed by atoms with van der Waals surface area (Å²) in [6.07, 6.45) is 6.20. The quantitative estimate of drug-likeness (QED) is 0.595. The van der Waals surface area contributed by atoms with Crippen molar-refractivity contribution < 1.29 is 4.79 Å². The molecule has 2 heterocycles. The van der Waals surface area contributed by atoms with Crippen LogP contribution >= 0.6 is 0 Å². The van der Waals surface area contributed by atoms with Gasteiger partial charge in [0.05, 0.1) is 12.9 Å². The first-order valence-corrected chi connectivity index (χ1v) is 10.8. The second-order valence-corrected chi connectivity index (χ2v) is 7.93. The lowest BCUT2D eigenvalue weighted by molar-refractivity contribution is -0.125. The van der Waals surface area contributed by atoms with E-state index in [9.17, 15) is 4.79 Å².